The van der Waals surface area contributed by atoms with Gasteiger partial charge in [0, 0.05) is 17.6 Å². The van der Waals surface area contributed by atoms with Crippen LogP contribution in [0.2, 0.25) is 0 Å². The Morgan fingerprint density at radius 2 is 1.75 bits per heavy atom. The fourth-order valence-corrected chi connectivity index (χ4v) is 2.29. The van der Waals surface area contributed by atoms with Crippen LogP contribution in [0.3, 0.4) is 0 Å². The zero-order chi connectivity index (χ0) is 14.7. The van der Waals surface area contributed by atoms with E-state index in [9.17, 15) is 9.50 Å². The molecule has 2 aromatic rings. The van der Waals surface area contributed by atoms with Gasteiger partial charge < -0.3 is 10.4 Å². The van der Waals surface area contributed by atoms with Gasteiger partial charge in [0.1, 0.15) is 11.6 Å². The lowest BCUT2D eigenvalue weighted by Crippen LogP contribution is -2.22. The monoisotopic (exact) mass is 273 g/mol. The molecule has 0 amide bonds. The van der Waals surface area contributed by atoms with Crippen LogP contribution in [-0.4, -0.2) is 5.11 Å². The number of phenols is 1. The van der Waals surface area contributed by atoms with E-state index in [1.807, 2.05) is 32.0 Å². The van der Waals surface area contributed by atoms with Gasteiger partial charge in [-0.25, -0.2) is 4.39 Å². The van der Waals surface area contributed by atoms with Crippen molar-refractivity contribution in [3.63, 3.8) is 0 Å². The van der Waals surface area contributed by atoms with Gasteiger partial charge in [-0.05, 0) is 44.0 Å². The summed E-state index contributed by atoms with van der Waals surface area (Å²) in [4.78, 5) is 0. The topological polar surface area (TPSA) is 32.3 Å². The normalized spacial score (nSPS) is 14.0. The summed E-state index contributed by atoms with van der Waals surface area (Å²) in [5.74, 6) is 0.0844. The van der Waals surface area contributed by atoms with Gasteiger partial charge in [-0.2, -0.15) is 0 Å². The summed E-state index contributed by atoms with van der Waals surface area (Å²) in [5, 5.41) is 13.2. The second kappa shape index (κ2) is 6.06. The molecule has 0 saturated carbocycles. The number of aryl methyl sites for hydroxylation is 1. The van der Waals surface area contributed by atoms with Gasteiger partial charge in [-0.1, -0.05) is 30.3 Å². The van der Waals surface area contributed by atoms with Crippen LogP contribution in [0.15, 0.2) is 42.5 Å². The first-order valence-electron chi connectivity index (χ1n) is 6.79. The molecule has 0 aromatic heterocycles. The molecule has 2 N–H and O–H groups in total. The summed E-state index contributed by atoms with van der Waals surface area (Å²) in [6, 6.07) is 12.5. The molecular weight excluding hydrogens is 253 g/mol. The average Bonchev–Trinajstić information content (AvgIpc) is 2.42. The van der Waals surface area contributed by atoms with E-state index < -0.39 is 0 Å². The van der Waals surface area contributed by atoms with Crippen LogP contribution in [0.25, 0.3) is 0 Å². The molecule has 0 radical (unpaired) electrons. The average molecular weight is 273 g/mol. The summed E-state index contributed by atoms with van der Waals surface area (Å²) >= 11 is 0. The minimum atomic E-state index is -0.189. The zero-order valence-electron chi connectivity index (χ0n) is 12.0. The van der Waals surface area contributed by atoms with E-state index in [-0.39, 0.29) is 23.7 Å². The molecule has 2 aromatic carbocycles. The molecule has 3 heteroatoms. The summed E-state index contributed by atoms with van der Waals surface area (Å²) in [5.41, 5.74) is 2.39. The Bertz CT molecular complexity index is 597. The quantitative estimate of drug-likeness (QED) is 0.872. The molecule has 0 aliphatic rings. The Labute approximate surface area is 119 Å². The molecule has 2 atom stereocenters. The lowest BCUT2D eigenvalue weighted by Gasteiger charge is -2.21. The Morgan fingerprint density at radius 1 is 1.05 bits per heavy atom. The van der Waals surface area contributed by atoms with E-state index in [0.29, 0.717) is 5.56 Å². The van der Waals surface area contributed by atoms with Gasteiger partial charge in [0.05, 0.1) is 0 Å². The molecule has 0 saturated heterocycles. The summed E-state index contributed by atoms with van der Waals surface area (Å²) in [6.07, 6.45) is 0. The van der Waals surface area contributed by atoms with Crippen LogP contribution in [-0.2, 0) is 0 Å². The van der Waals surface area contributed by atoms with Crippen LogP contribution in [0.4, 0.5) is 4.39 Å². The Morgan fingerprint density at radius 3 is 2.40 bits per heavy atom. The molecule has 0 bridgehead atoms. The number of hydrogen-bond donors (Lipinski definition) is 2. The smallest absolute Gasteiger partial charge is 0.126 e. The van der Waals surface area contributed by atoms with Gasteiger partial charge >= 0.3 is 0 Å². The molecule has 106 valence electrons. The van der Waals surface area contributed by atoms with Crippen LogP contribution in [0.5, 0.6) is 5.75 Å². The molecule has 0 spiro atoms. The highest BCUT2D eigenvalue weighted by atomic mass is 19.1. The van der Waals surface area contributed by atoms with Crippen molar-refractivity contribution in [3.05, 3.63) is 65.0 Å². The van der Waals surface area contributed by atoms with Crippen molar-refractivity contribution in [3.8, 4) is 5.75 Å². The first kappa shape index (κ1) is 14.5. The second-order valence-electron chi connectivity index (χ2n) is 5.18. The molecular formula is C17H20FNO. The first-order valence-corrected chi connectivity index (χ1v) is 6.79. The van der Waals surface area contributed by atoms with Crippen LogP contribution < -0.4 is 5.32 Å². The third-order valence-electron chi connectivity index (χ3n) is 3.60. The van der Waals surface area contributed by atoms with E-state index in [2.05, 4.69) is 5.32 Å². The highest BCUT2D eigenvalue weighted by molar-refractivity contribution is 5.34. The minimum absolute atomic E-state index is 0.000272. The number of phenolic OH excluding ortho intramolecular Hbond substituents is 1. The molecule has 0 aliphatic carbocycles. The fraction of sp³-hybridized carbons (Fsp3) is 0.294. The number of nitrogens with one attached hydrogen (secondary N) is 1. The number of hydrogen-bond acceptors (Lipinski definition) is 2. The van der Waals surface area contributed by atoms with E-state index >= 15 is 0 Å². The van der Waals surface area contributed by atoms with Crippen molar-refractivity contribution < 1.29 is 9.50 Å². The highest BCUT2D eigenvalue weighted by Crippen LogP contribution is 2.26. The molecule has 20 heavy (non-hydrogen) atoms. The summed E-state index contributed by atoms with van der Waals surface area (Å²) < 4.78 is 13.6. The number of halogens is 1. The van der Waals surface area contributed by atoms with Gasteiger partial charge in [-0.15, -0.1) is 0 Å². The zero-order valence-corrected chi connectivity index (χ0v) is 12.0. The van der Waals surface area contributed by atoms with Crippen LogP contribution in [0, 0.1) is 12.7 Å². The Kier molecular flexibility index (Phi) is 4.40. The number of para-hydroxylation sites is 1. The van der Waals surface area contributed by atoms with E-state index in [0.717, 1.165) is 11.1 Å². The maximum atomic E-state index is 13.6. The van der Waals surface area contributed by atoms with Crippen LogP contribution in [0.1, 0.15) is 42.6 Å². The predicted octanol–water partition coefficient (Wildman–Crippen LogP) is 4.25. The van der Waals surface area contributed by atoms with Gasteiger partial charge in [0.2, 0.25) is 0 Å². The highest BCUT2D eigenvalue weighted by Gasteiger charge is 2.14. The van der Waals surface area contributed by atoms with Gasteiger partial charge in [0.25, 0.3) is 0 Å². The van der Waals surface area contributed by atoms with Crippen molar-refractivity contribution in [2.75, 3.05) is 0 Å². The van der Waals surface area contributed by atoms with Crippen molar-refractivity contribution >= 4 is 0 Å². The standard InChI is InChI=1S/C17H20FNO/c1-11-8-9-14(10-16(11)18)12(2)19-13(3)15-6-4-5-7-17(15)20/h4-10,12-13,19-20H,1-3H3. The van der Waals surface area contributed by atoms with Crippen LogP contribution >= 0.6 is 0 Å². The third kappa shape index (κ3) is 3.17. The number of rotatable bonds is 4. The maximum Gasteiger partial charge on any atom is 0.126 e. The van der Waals surface area contributed by atoms with Crippen molar-refractivity contribution in [1.82, 2.24) is 5.32 Å². The third-order valence-corrected chi connectivity index (χ3v) is 3.60. The summed E-state index contributed by atoms with van der Waals surface area (Å²) in [6.45, 7) is 5.72. The Balaban J connectivity index is 2.13. The molecule has 0 aliphatic heterocycles. The van der Waals surface area contributed by atoms with E-state index in [1.54, 1.807) is 31.2 Å². The molecule has 0 fully saturated rings. The van der Waals surface area contributed by atoms with E-state index in [4.69, 9.17) is 0 Å². The summed E-state index contributed by atoms with van der Waals surface area (Å²) in [7, 11) is 0. The second-order valence-corrected chi connectivity index (χ2v) is 5.18. The van der Waals surface area contributed by atoms with E-state index in [1.165, 1.54) is 0 Å². The molecule has 0 heterocycles. The van der Waals surface area contributed by atoms with Crippen molar-refractivity contribution in [2.45, 2.75) is 32.9 Å². The molecule has 2 unspecified atom stereocenters. The lowest BCUT2D eigenvalue weighted by atomic mass is 10.0. The van der Waals surface area contributed by atoms with Crippen molar-refractivity contribution in [1.29, 1.82) is 0 Å². The number of benzene rings is 2. The lowest BCUT2D eigenvalue weighted by molar-refractivity contribution is 0.438. The maximum absolute atomic E-state index is 13.6. The van der Waals surface area contributed by atoms with Crippen molar-refractivity contribution in [2.24, 2.45) is 0 Å². The predicted molar refractivity (Wildman–Crippen MR) is 79.2 cm³/mol. The molecule has 2 rings (SSSR count). The SMILES string of the molecule is Cc1ccc(C(C)NC(C)c2ccccc2O)cc1F. The fourth-order valence-electron chi connectivity index (χ4n) is 2.29. The van der Waals surface area contributed by atoms with Gasteiger partial charge in [0.15, 0.2) is 0 Å². The minimum Gasteiger partial charge on any atom is -0.508 e. The number of aromatic hydroxyl groups is 1. The largest absolute Gasteiger partial charge is 0.508 e. The van der Waals surface area contributed by atoms with Gasteiger partial charge in [-0.3, -0.25) is 0 Å². The first-order chi connectivity index (χ1) is 9.49. The Hall–Kier alpha value is -1.87. The molecule has 2 nitrogen and oxygen atoms in total.